The molecule has 12 rings (SSSR count). The fourth-order valence-corrected chi connectivity index (χ4v) is 12.9. The molecule has 0 atom stereocenters. The summed E-state index contributed by atoms with van der Waals surface area (Å²) < 4.78 is 167. The van der Waals surface area contributed by atoms with Crippen molar-refractivity contribution in [3.8, 4) is 5.75 Å². The highest BCUT2D eigenvalue weighted by atomic mass is 35.5. The number of aryl methyl sites for hydroxylation is 8. The van der Waals surface area contributed by atoms with Gasteiger partial charge >= 0.3 is 18.7 Å². The van der Waals surface area contributed by atoms with Gasteiger partial charge in [-0.3, -0.25) is 34.9 Å². The van der Waals surface area contributed by atoms with Crippen molar-refractivity contribution < 1.29 is 61.8 Å². The maximum atomic E-state index is 13.3. The van der Waals surface area contributed by atoms with Gasteiger partial charge in [-0.1, -0.05) is 295 Å². The Kier molecular flexibility index (Phi) is 45.6. The average Bonchev–Trinajstić information content (AvgIpc) is 1.75. The standard InChI is InChI=1S/C12H15F3O.3C11H15F.C11H16N2.C10H14ClN.2C10H12F3N.C10H14FN.2C10H15N/c1-8-5-6-9(11(2,3)4)7-10(8)16-12(13,14)15;2*1-8-5-9(11(2,3)4)7-10(12)6-8;1-8-5-6-9(7-10(8)12)11(2,3)4;1-11(2,3)10-7-12-9(6-13-10)8-4-5-8;1-7-5-8(11)9(12-6-7)10(2,3)4;1-9(2,3)8-6-7(4-5-14-8)10(11,12)13;1-9(2,3)7-5-4-6-8(14-7)10(11,12)13;1-7-5-8(11)9(12-6-7)10(2,3)4;1-8-5-6-9(11-7-8)10(2,3)4;1-8-6-5-7-11-9(8)10(2,3)4/h5-7H,1-4H3;3*5-7H,1-4H3;6-8H,4-5H2,1-3H3;5-6H,1-4H3;2*4-6H,1-3H3;5-6H,1-4H3;2*5-7H,1-4H3. The van der Waals surface area contributed by atoms with Crippen molar-refractivity contribution in [1.82, 2.24) is 39.9 Å². The number of alkyl halides is 9. The number of halogens is 14. The van der Waals surface area contributed by atoms with Gasteiger partial charge in [0, 0.05) is 110 Å². The minimum Gasteiger partial charge on any atom is -0.406 e. The zero-order chi connectivity index (χ0) is 108. The zero-order valence-electron chi connectivity index (χ0n) is 90.6. The smallest absolute Gasteiger partial charge is 0.406 e. The number of pyridine rings is 6. The molecule has 0 bridgehead atoms. The van der Waals surface area contributed by atoms with Crippen LogP contribution in [0.15, 0.2) is 183 Å². The Balaban J connectivity index is 0.000000518. The van der Waals surface area contributed by atoms with Gasteiger partial charge in [-0.2, -0.15) is 26.3 Å². The van der Waals surface area contributed by atoms with Crippen LogP contribution in [0.2, 0.25) is 5.02 Å². The van der Waals surface area contributed by atoms with Crippen molar-refractivity contribution >= 4 is 11.6 Å². The number of hydrogen-bond donors (Lipinski definition) is 0. The van der Waals surface area contributed by atoms with Crippen molar-refractivity contribution in [3.05, 3.63) is 335 Å². The lowest BCUT2D eigenvalue weighted by Gasteiger charge is -2.21. The van der Waals surface area contributed by atoms with E-state index < -0.39 is 30.0 Å². The van der Waals surface area contributed by atoms with Crippen LogP contribution >= 0.6 is 11.6 Å². The molecule has 23 heteroatoms. The molecule has 0 saturated heterocycles. The molecule has 0 radical (unpaired) electrons. The average molecular weight is 1960 g/mol. The highest BCUT2D eigenvalue weighted by Crippen LogP contribution is 2.40. The quantitative estimate of drug-likeness (QED) is 0.156. The van der Waals surface area contributed by atoms with E-state index in [9.17, 15) is 57.1 Å². The summed E-state index contributed by atoms with van der Waals surface area (Å²) >= 11 is 6.05. The summed E-state index contributed by atoms with van der Waals surface area (Å²) in [5, 5.41) is 0.766. The number of rotatable bonds is 2. The molecular weight excluding hydrogens is 1800 g/mol. The molecule has 4 aromatic carbocycles. The molecule has 7 aromatic heterocycles. The Bertz CT molecular complexity index is 5330. The Morgan fingerprint density at radius 1 is 0.273 bits per heavy atom. The summed E-state index contributed by atoms with van der Waals surface area (Å²) in [7, 11) is 0. The summed E-state index contributed by atoms with van der Waals surface area (Å²) in [4.78, 5) is 33.5. The second-order valence-electron chi connectivity index (χ2n) is 46.8. The van der Waals surface area contributed by atoms with Gasteiger partial charge in [0.15, 0.2) is 0 Å². The molecule has 9 nitrogen and oxygen atoms in total. The Labute approximate surface area is 830 Å². The van der Waals surface area contributed by atoms with E-state index in [4.69, 9.17) is 11.6 Å². The topological polar surface area (TPSA) is 112 Å². The predicted octanol–water partition coefficient (Wildman–Crippen LogP) is 35.5. The molecule has 1 fully saturated rings. The predicted molar refractivity (Wildman–Crippen MR) is 550 cm³/mol. The number of benzene rings is 4. The first-order valence-corrected chi connectivity index (χ1v) is 47.2. The van der Waals surface area contributed by atoms with E-state index in [-0.39, 0.29) is 88.6 Å². The number of ether oxygens (including phenoxy) is 1. The van der Waals surface area contributed by atoms with Crippen LogP contribution in [0, 0.1) is 78.7 Å². The van der Waals surface area contributed by atoms with Gasteiger partial charge < -0.3 is 4.74 Å². The lowest BCUT2D eigenvalue weighted by molar-refractivity contribution is -0.274. The molecular formula is C116H158ClF13N8O. The summed E-state index contributed by atoms with van der Waals surface area (Å²) in [6, 6.07) is 38.5. The summed E-state index contributed by atoms with van der Waals surface area (Å²) in [6.45, 7) is 82.5. The van der Waals surface area contributed by atoms with Crippen LogP contribution < -0.4 is 4.74 Å². The van der Waals surface area contributed by atoms with Crippen LogP contribution in [0.4, 0.5) is 57.1 Å². The third-order valence-electron chi connectivity index (χ3n) is 21.0. The van der Waals surface area contributed by atoms with Crippen LogP contribution in [0.3, 0.4) is 0 Å². The minimum absolute atomic E-state index is 0.0325. The van der Waals surface area contributed by atoms with Crippen molar-refractivity contribution in [2.24, 2.45) is 0 Å². The van der Waals surface area contributed by atoms with Gasteiger partial charge in [0.1, 0.15) is 34.7 Å². The minimum atomic E-state index is -4.64. The third-order valence-corrected chi connectivity index (χ3v) is 21.3. The first-order chi connectivity index (χ1) is 62.6. The van der Waals surface area contributed by atoms with E-state index in [0.717, 1.165) is 84.8 Å². The number of nitrogens with zero attached hydrogens (tertiary/aromatic N) is 8. The zero-order valence-corrected chi connectivity index (χ0v) is 91.3. The lowest BCUT2D eigenvalue weighted by atomic mass is 9.86. The normalized spacial score (nSPS) is 12.6. The SMILES string of the molecule is CC(C)(C)c1cc(C(F)(F)F)ccn1.CC(C)(C)c1cccc(C(F)(F)F)n1.CC(C)(C)c1cnc(C2CC2)cn1.Cc1cc(F)cc(C(C)(C)C)c1.Cc1cc(F)cc(C(C)(C)C)c1.Cc1ccc(C(C)(C)C)cc1F.Cc1ccc(C(C)(C)C)cc1OC(F)(F)F.Cc1ccc(C(C)(C)C)nc1.Cc1cccnc1C(C)(C)C.Cc1cnc(C(C)(C)C)c(Cl)c1.Cc1cnc(C(C)(C)C)c(F)c1. The molecule has 139 heavy (non-hydrogen) atoms. The second kappa shape index (κ2) is 50.6. The summed E-state index contributed by atoms with van der Waals surface area (Å²) in [5.74, 6) is -0.00813. The van der Waals surface area contributed by atoms with E-state index in [2.05, 4.69) is 222 Å². The molecule has 0 unspecified atom stereocenters. The van der Waals surface area contributed by atoms with Gasteiger partial charge in [0.2, 0.25) is 0 Å². The van der Waals surface area contributed by atoms with Crippen molar-refractivity contribution in [3.63, 3.8) is 0 Å². The van der Waals surface area contributed by atoms with Gasteiger partial charge in [-0.05, 0) is 242 Å². The van der Waals surface area contributed by atoms with Crippen LogP contribution in [0.25, 0.3) is 0 Å². The maximum Gasteiger partial charge on any atom is 0.573 e. The van der Waals surface area contributed by atoms with Crippen LogP contribution in [-0.2, 0) is 71.9 Å². The molecule has 7 heterocycles. The van der Waals surface area contributed by atoms with Crippen molar-refractivity contribution in [2.45, 2.75) is 381 Å². The Morgan fingerprint density at radius 2 is 0.705 bits per heavy atom. The first kappa shape index (κ1) is 125. The molecule has 0 N–H and O–H groups in total. The summed E-state index contributed by atoms with van der Waals surface area (Å²) in [6.07, 6.45) is 1.69. The number of hydrogen-bond acceptors (Lipinski definition) is 9. The monoisotopic (exact) mass is 1960 g/mol. The van der Waals surface area contributed by atoms with E-state index >= 15 is 0 Å². The molecule has 0 amide bonds. The Morgan fingerprint density at radius 3 is 1.06 bits per heavy atom. The van der Waals surface area contributed by atoms with E-state index in [0.29, 0.717) is 34.1 Å². The van der Waals surface area contributed by atoms with Gasteiger partial charge in [-0.25, -0.2) is 22.5 Å². The number of aromatic nitrogens is 8. The molecule has 1 aliphatic rings. The molecule has 11 aromatic rings. The van der Waals surface area contributed by atoms with Crippen LogP contribution in [-0.4, -0.2) is 46.2 Å². The first-order valence-electron chi connectivity index (χ1n) is 46.8. The largest absolute Gasteiger partial charge is 0.573 e. The Hall–Kier alpha value is -9.96. The van der Waals surface area contributed by atoms with Crippen molar-refractivity contribution in [1.29, 1.82) is 0 Å². The molecule has 0 spiro atoms. The molecule has 1 saturated carbocycles. The van der Waals surface area contributed by atoms with Gasteiger partial charge in [-0.15, -0.1) is 13.2 Å². The highest BCUT2D eigenvalue weighted by Gasteiger charge is 2.36. The third kappa shape index (κ3) is 47.5. The fourth-order valence-electron chi connectivity index (χ4n) is 12.4. The van der Waals surface area contributed by atoms with E-state index in [1.807, 2.05) is 184 Å². The van der Waals surface area contributed by atoms with E-state index in [1.54, 1.807) is 62.5 Å². The van der Waals surface area contributed by atoms with Crippen LogP contribution in [0.5, 0.6) is 5.75 Å². The maximum absolute atomic E-state index is 13.3. The van der Waals surface area contributed by atoms with Gasteiger partial charge in [0.25, 0.3) is 0 Å². The van der Waals surface area contributed by atoms with Gasteiger partial charge in [0.05, 0.1) is 33.4 Å². The summed E-state index contributed by atoms with van der Waals surface area (Å²) in [5.41, 5.74) is 16.6. The molecule has 766 valence electrons. The fraction of sp³-hybridized carbons (Fsp3) is 0.500. The molecule has 0 aliphatic heterocycles. The van der Waals surface area contributed by atoms with Crippen molar-refractivity contribution in [2.75, 3.05) is 0 Å². The highest BCUT2D eigenvalue weighted by molar-refractivity contribution is 6.31. The second-order valence-corrected chi connectivity index (χ2v) is 47.2. The van der Waals surface area contributed by atoms with Crippen LogP contribution in [0.1, 0.15) is 371 Å². The lowest BCUT2D eigenvalue weighted by Crippen LogP contribution is -2.19. The molecule has 1 aliphatic carbocycles. The van der Waals surface area contributed by atoms with E-state index in [1.165, 1.54) is 59.8 Å².